The molecule has 4 heteroatoms. The maximum absolute atomic E-state index is 2.47. The van der Waals surface area contributed by atoms with Crippen LogP contribution in [0.4, 0.5) is 0 Å². The second kappa shape index (κ2) is 9.27. The van der Waals surface area contributed by atoms with E-state index in [9.17, 15) is 0 Å². The summed E-state index contributed by atoms with van der Waals surface area (Å²) in [6.45, 7) is 0. The van der Waals surface area contributed by atoms with Crippen LogP contribution in [0.2, 0.25) is 0 Å². The fourth-order valence-electron chi connectivity index (χ4n) is 7.65. The number of rotatable bonds is 2. The molecule has 0 spiro atoms. The van der Waals surface area contributed by atoms with Crippen molar-refractivity contribution in [2.75, 3.05) is 0 Å². The Balaban J connectivity index is 1.18. The minimum atomic E-state index is 1.20. The van der Waals surface area contributed by atoms with Crippen LogP contribution >= 0.6 is 34.0 Å². The maximum atomic E-state index is 2.47. The Morgan fingerprint density at radius 2 is 0.935 bits per heavy atom. The SMILES string of the molecule is c1ccc2c(c1)sc1c(-c3cccc4c3sc3ccc(-n5c6ccccc6c6c7c(ccc65)sc5ccccc57)cc34)cccc12. The molecule has 7 aromatic carbocycles. The van der Waals surface area contributed by atoms with Gasteiger partial charge < -0.3 is 4.57 Å². The molecule has 4 heterocycles. The molecule has 11 rings (SSSR count). The molecule has 0 radical (unpaired) electrons. The molecule has 0 saturated carbocycles. The normalized spacial score (nSPS) is 12.3. The zero-order chi connectivity index (χ0) is 29.9. The standard InChI is InChI=1S/C42H23NS3/c1-4-16-33-30(10-1)39-34(20-22-38-40(39)31-11-3-6-18-36(31)44-38)43(33)24-19-21-37-32(23-24)29-15-8-14-28(42(29)46-37)27-13-7-12-26-25-9-2-5-17-35(25)45-41(26)27/h1-23H. The van der Waals surface area contributed by atoms with Crippen molar-refractivity contribution >= 4 is 116 Å². The maximum Gasteiger partial charge on any atom is 0.0548 e. The highest BCUT2D eigenvalue weighted by molar-refractivity contribution is 7.27. The predicted octanol–water partition coefficient (Wildman–Crippen LogP) is 13.6. The van der Waals surface area contributed by atoms with E-state index in [1.807, 2.05) is 34.0 Å². The quantitative estimate of drug-likeness (QED) is 0.178. The molecule has 0 aliphatic heterocycles. The Kier molecular flexibility index (Phi) is 5.08. The Morgan fingerprint density at radius 3 is 1.72 bits per heavy atom. The molecule has 1 nitrogen and oxygen atoms in total. The highest BCUT2D eigenvalue weighted by Gasteiger charge is 2.19. The smallest absolute Gasteiger partial charge is 0.0548 e. The molecule has 0 amide bonds. The van der Waals surface area contributed by atoms with E-state index in [-0.39, 0.29) is 0 Å². The average Bonchev–Trinajstić information content (AvgIpc) is 3.86. The average molecular weight is 638 g/mol. The number of para-hydroxylation sites is 1. The van der Waals surface area contributed by atoms with Crippen molar-refractivity contribution in [2.24, 2.45) is 0 Å². The summed E-state index contributed by atoms with van der Waals surface area (Å²) in [5.41, 5.74) is 6.35. The largest absolute Gasteiger partial charge is 0.309 e. The third kappa shape index (κ3) is 3.33. The Bertz CT molecular complexity index is 3040. The summed E-state index contributed by atoms with van der Waals surface area (Å²) in [6.07, 6.45) is 0. The van der Waals surface area contributed by atoms with E-state index in [0.717, 1.165) is 0 Å². The fraction of sp³-hybridized carbons (Fsp3) is 0. The number of hydrogen-bond donors (Lipinski definition) is 0. The van der Waals surface area contributed by atoms with E-state index >= 15 is 0 Å². The lowest BCUT2D eigenvalue weighted by Gasteiger charge is -2.09. The van der Waals surface area contributed by atoms with Gasteiger partial charge in [-0.05, 0) is 48.5 Å². The Hall–Kier alpha value is -5.00. The van der Waals surface area contributed by atoms with Gasteiger partial charge in [-0.1, -0.05) is 91.0 Å². The van der Waals surface area contributed by atoms with E-state index < -0.39 is 0 Å². The first-order valence-electron chi connectivity index (χ1n) is 15.5. The minimum Gasteiger partial charge on any atom is -0.309 e. The van der Waals surface area contributed by atoms with Gasteiger partial charge in [0.15, 0.2) is 0 Å². The summed E-state index contributed by atoms with van der Waals surface area (Å²) in [7, 11) is 0. The van der Waals surface area contributed by atoms with Crippen molar-refractivity contribution in [3.63, 3.8) is 0 Å². The third-order valence-corrected chi connectivity index (χ3v) is 13.2. The van der Waals surface area contributed by atoms with Gasteiger partial charge in [0.1, 0.15) is 0 Å². The Labute approximate surface area is 275 Å². The van der Waals surface area contributed by atoms with Gasteiger partial charge >= 0.3 is 0 Å². The molecule has 0 fully saturated rings. The first kappa shape index (κ1) is 25.2. The van der Waals surface area contributed by atoms with Crippen LogP contribution in [-0.2, 0) is 0 Å². The number of nitrogens with zero attached hydrogens (tertiary/aromatic N) is 1. The molecule has 0 atom stereocenters. The van der Waals surface area contributed by atoms with Crippen molar-refractivity contribution in [1.29, 1.82) is 0 Å². The number of fused-ring (bicyclic) bond motifs is 13. The van der Waals surface area contributed by atoms with Gasteiger partial charge in [0, 0.05) is 88.1 Å². The first-order valence-corrected chi connectivity index (χ1v) is 18.0. The van der Waals surface area contributed by atoms with Crippen LogP contribution in [-0.4, -0.2) is 4.57 Å². The molecular weight excluding hydrogens is 615 g/mol. The molecule has 46 heavy (non-hydrogen) atoms. The lowest BCUT2D eigenvalue weighted by Crippen LogP contribution is -1.93. The van der Waals surface area contributed by atoms with E-state index in [1.54, 1.807) is 0 Å². The minimum absolute atomic E-state index is 1.20. The second-order valence-electron chi connectivity index (χ2n) is 12.0. The molecule has 0 saturated heterocycles. The van der Waals surface area contributed by atoms with Gasteiger partial charge in [0.05, 0.1) is 11.0 Å². The van der Waals surface area contributed by atoms with E-state index in [0.29, 0.717) is 0 Å². The number of thiophene rings is 3. The highest BCUT2D eigenvalue weighted by Crippen LogP contribution is 2.47. The molecule has 214 valence electrons. The van der Waals surface area contributed by atoms with E-state index in [2.05, 4.69) is 144 Å². The summed E-state index contributed by atoms with van der Waals surface area (Å²) in [6, 6.07) is 51.9. The van der Waals surface area contributed by atoms with Crippen molar-refractivity contribution in [1.82, 2.24) is 4.57 Å². The number of benzene rings is 7. The molecule has 4 aromatic heterocycles. The van der Waals surface area contributed by atoms with Crippen LogP contribution in [0.15, 0.2) is 140 Å². The second-order valence-corrected chi connectivity index (χ2v) is 15.2. The van der Waals surface area contributed by atoms with Crippen LogP contribution in [0.5, 0.6) is 0 Å². The summed E-state index contributed by atoms with van der Waals surface area (Å²) in [5.74, 6) is 0. The van der Waals surface area contributed by atoms with Crippen molar-refractivity contribution in [3.8, 4) is 16.8 Å². The zero-order valence-electron chi connectivity index (χ0n) is 24.5. The summed E-state index contributed by atoms with van der Waals surface area (Å²) < 4.78 is 10.5. The van der Waals surface area contributed by atoms with Crippen LogP contribution in [0.3, 0.4) is 0 Å². The van der Waals surface area contributed by atoms with E-state index in [4.69, 9.17) is 0 Å². The number of aromatic nitrogens is 1. The predicted molar refractivity (Wildman–Crippen MR) is 205 cm³/mol. The van der Waals surface area contributed by atoms with Crippen LogP contribution in [0.1, 0.15) is 0 Å². The summed E-state index contributed by atoms with van der Waals surface area (Å²) >= 11 is 5.71. The van der Waals surface area contributed by atoms with Crippen LogP contribution in [0.25, 0.3) is 99.1 Å². The zero-order valence-corrected chi connectivity index (χ0v) is 26.9. The Morgan fingerprint density at radius 1 is 0.348 bits per heavy atom. The molecule has 0 unspecified atom stereocenters. The van der Waals surface area contributed by atoms with Gasteiger partial charge in [-0.2, -0.15) is 0 Å². The summed E-state index contributed by atoms with van der Waals surface area (Å²) in [4.78, 5) is 0. The lowest BCUT2D eigenvalue weighted by molar-refractivity contribution is 1.19. The van der Waals surface area contributed by atoms with Crippen LogP contribution < -0.4 is 0 Å². The fourth-order valence-corrected chi connectivity index (χ4v) is 11.2. The molecule has 11 aromatic rings. The third-order valence-electron chi connectivity index (χ3n) is 9.61. The first-order chi connectivity index (χ1) is 22.8. The molecule has 0 aliphatic carbocycles. The van der Waals surface area contributed by atoms with Crippen molar-refractivity contribution < 1.29 is 0 Å². The van der Waals surface area contributed by atoms with Crippen molar-refractivity contribution in [2.45, 2.75) is 0 Å². The topological polar surface area (TPSA) is 4.93 Å². The highest BCUT2D eigenvalue weighted by atomic mass is 32.1. The van der Waals surface area contributed by atoms with Gasteiger partial charge in [-0.25, -0.2) is 0 Å². The molecule has 0 bridgehead atoms. The van der Waals surface area contributed by atoms with Gasteiger partial charge in [0.25, 0.3) is 0 Å². The molecular formula is C42H23NS3. The summed E-state index contributed by atoms with van der Waals surface area (Å²) in [5, 5.41) is 10.7. The van der Waals surface area contributed by atoms with Gasteiger partial charge in [-0.15, -0.1) is 34.0 Å². The van der Waals surface area contributed by atoms with Gasteiger partial charge in [-0.3, -0.25) is 0 Å². The molecule has 0 aliphatic rings. The molecule has 0 N–H and O–H groups in total. The van der Waals surface area contributed by atoms with Crippen molar-refractivity contribution in [3.05, 3.63) is 140 Å². The lowest BCUT2D eigenvalue weighted by atomic mass is 10.0. The van der Waals surface area contributed by atoms with Crippen LogP contribution in [0, 0.1) is 0 Å². The van der Waals surface area contributed by atoms with E-state index in [1.165, 1.54) is 99.1 Å². The van der Waals surface area contributed by atoms with Gasteiger partial charge in [0.2, 0.25) is 0 Å². The monoisotopic (exact) mass is 637 g/mol. The number of hydrogen-bond acceptors (Lipinski definition) is 3.